The summed E-state index contributed by atoms with van der Waals surface area (Å²) in [4.78, 5) is 24.6. The number of amides is 2. The van der Waals surface area contributed by atoms with Crippen molar-refractivity contribution < 1.29 is 9.59 Å². The molecule has 1 heterocycles. The standard InChI is InChI=1S/C10H18N2O2/c1-4-5-8-7(2)11-9(13)6-12(3)10(8)14/h7-8H,4-6H2,1-3H3,(H,11,13)/t7-,8+/m1/s1. The maximum atomic E-state index is 11.8. The highest BCUT2D eigenvalue weighted by molar-refractivity contribution is 5.88. The van der Waals surface area contributed by atoms with Gasteiger partial charge in [-0.25, -0.2) is 0 Å². The van der Waals surface area contributed by atoms with E-state index in [0.29, 0.717) is 0 Å². The van der Waals surface area contributed by atoms with E-state index in [0.717, 1.165) is 12.8 Å². The summed E-state index contributed by atoms with van der Waals surface area (Å²) >= 11 is 0. The summed E-state index contributed by atoms with van der Waals surface area (Å²) in [7, 11) is 1.68. The normalized spacial score (nSPS) is 28.6. The zero-order valence-corrected chi connectivity index (χ0v) is 9.04. The van der Waals surface area contributed by atoms with E-state index in [1.54, 1.807) is 7.05 Å². The monoisotopic (exact) mass is 198 g/mol. The molecule has 0 aromatic heterocycles. The van der Waals surface area contributed by atoms with Crippen molar-refractivity contribution in [1.82, 2.24) is 10.2 Å². The zero-order chi connectivity index (χ0) is 10.7. The van der Waals surface area contributed by atoms with Crippen LogP contribution >= 0.6 is 0 Å². The van der Waals surface area contributed by atoms with Gasteiger partial charge in [0.25, 0.3) is 0 Å². The molecule has 1 rings (SSSR count). The molecule has 0 saturated carbocycles. The summed E-state index contributed by atoms with van der Waals surface area (Å²) in [6.45, 7) is 4.13. The fourth-order valence-electron chi connectivity index (χ4n) is 1.87. The molecule has 0 aliphatic carbocycles. The molecule has 1 saturated heterocycles. The molecule has 1 aliphatic heterocycles. The van der Waals surface area contributed by atoms with Crippen LogP contribution < -0.4 is 5.32 Å². The van der Waals surface area contributed by atoms with Gasteiger partial charge in [-0.2, -0.15) is 0 Å². The van der Waals surface area contributed by atoms with Crippen molar-refractivity contribution in [2.45, 2.75) is 32.7 Å². The van der Waals surface area contributed by atoms with Gasteiger partial charge in [0.15, 0.2) is 0 Å². The first-order chi connectivity index (χ1) is 6.56. The Balaban J connectivity index is 2.79. The van der Waals surface area contributed by atoms with Crippen LogP contribution in [0.15, 0.2) is 0 Å². The van der Waals surface area contributed by atoms with E-state index in [1.807, 2.05) is 13.8 Å². The van der Waals surface area contributed by atoms with Crippen molar-refractivity contribution in [1.29, 1.82) is 0 Å². The number of likely N-dealkylation sites (N-methyl/N-ethyl adjacent to an activating group) is 1. The molecule has 2 amide bonds. The molecular formula is C10H18N2O2. The second kappa shape index (κ2) is 4.44. The third-order valence-electron chi connectivity index (χ3n) is 2.67. The number of hydrogen-bond donors (Lipinski definition) is 1. The van der Waals surface area contributed by atoms with Gasteiger partial charge in [0.05, 0.1) is 12.5 Å². The van der Waals surface area contributed by atoms with E-state index >= 15 is 0 Å². The van der Waals surface area contributed by atoms with Crippen molar-refractivity contribution in [3.05, 3.63) is 0 Å². The lowest BCUT2D eigenvalue weighted by Gasteiger charge is -2.22. The van der Waals surface area contributed by atoms with Gasteiger partial charge in [-0.15, -0.1) is 0 Å². The summed E-state index contributed by atoms with van der Waals surface area (Å²) < 4.78 is 0. The van der Waals surface area contributed by atoms with Crippen LogP contribution in [0.1, 0.15) is 26.7 Å². The van der Waals surface area contributed by atoms with Gasteiger partial charge in [0.1, 0.15) is 0 Å². The Hall–Kier alpha value is -1.06. The molecule has 0 unspecified atom stereocenters. The first kappa shape index (κ1) is 11.0. The van der Waals surface area contributed by atoms with Gasteiger partial charge in [-0.05, 0) is 13.3 Å². The van der Waals surface area contributed by atoms with Crippen molar-refractivity contribution in [2.24, 2.45) is 5.92 Å². The van der Waals surface area contributed by atoms with Crippen LogP contribution in [0.2, 0.25) is 0 Å². The van der Waals surface area contributed by atoms with Gasteiger partial charge in [0, 0.05) is 13.1 Å². The molecular weight excluding hydrogens is 180 g/mol. The van der Waals surface area contributed by atoms with Crippen LogP contribution in [0.3, 0.4) is 0 Å². The molecule has 0 radical (unpaired) electrons. The van der Waals surface area contributed by atoms with E-state index < -0.39 is 0 Å². The highest BCUT2D eigenvalue weighted by Gasteiger charge is 2.31. The average molecular weight is 198 g/mol. The van der Waals surface area contributed by atoms with Gasteiger partial charge in [0.2, 0.25) is 11.8 Å². The first-order valence-corrected chi connectivity index (χ1v) is 5.10. The lowest BCUT2D eigenvalue weighted by molar-refractivity contribution is -0.135. The zero-order valence-electron chi connectivity index (χ0n) is 9.04. The van der Waals surface area contributed by atoms with Crippen LogP contribution in [0, 0.1) is 5.92 Å². The van der Waals surface area contributed by atoms with E-state index in [4.69, 9.17) is 0 Å². The van der Waals surface area contributed by atoms with E-state index in [1.165, 1.54) is 4.90 Å². The number of nitrogens with one attached hydrogen (secondary N) is 1. The third-order valence-corrected chi connectivity index (χ3v) is 2.67. The number of nitrogens with zero attached hydrogens (tertiary/aromatic N) is 1. The molecule has 4 heteroatoms. The summed E-state index contributed by atoms with van der Waals surface area (Å²) in [5, 5.41) is 2.84. The predicted octanol–water partition coefficient (Wildman–Crippen LogP) is 0.379. The average Bonchev–Trinajstić information content (AvgIpc) is 2.18. The minimum atomic E-state index is -0.0630. The Labute approximate surface area is 84.7 Å². The fraction of sp³-hybridized carbons (Fsp3) is 0.800. The lowest BCUT2D eigenvalue weighted by Crippen LogP contribution is -2.38. The number of hydrogen-bond acceptors (Lipinski definition) is 2. The van der Waals surface area contributed by atoms with Crippen LogP contribution in [-0.4, -0.2) is 36.3 Å². The quantitative estimate of drug-likeness (QED) is 0.697. The van der Waals surface area contributed by atoms with Crippen LogP contribution in [0.25, 0.3) is 0 Å². The smallest absolute Gasteiger partial charge is 0.239 e. The maximum Gasteiger partial charge on any atom is 0.239 e. The van der Waals surface area contributed by atoms with Crippen molar-refractivity contribution in [3.8, 4) is 0 Å². The fourth-order valence-corrected chi connectivity index (χ4v) is 1.87. The minimum absolute atomic E-state index is 0.0418. The Morgan fingerprint density at radius 2 is 2.14 bits per heavy atom. The molecule has 4 nitrogen and oxygen atoms in total. The molecule has 2 atom stereocenters. The Morgan fingerprint density at radius 1 is 1.50 bits per heavy atom. The van der Waals surface area contributed by atoms with E-state index in [-0.39, 0.29) is 30.3 Å². The second-order valence-electron chi connectivity index (χ2n) is 3.95. The van der Waals surface area contributed by atoms with E-state index in [9.17, 15) is 9.59 Å². The number of carbonyl (C=O) groups excluding carboxylic acids is 2. The molecule has 0 aromatic rings. The second-order valence-corrected chi connectivity index (χ2v) is 3.95. The summed E-state index contributed by atoms with van der Waals surface area (Å²) in [5.41, 5.74) is 0. The Morgan fingerprint density at radius 3 is 2.71 bits per heavy atom. The molecule has 0 aromatic carbocycles. The Kier molecular flexibility index (Phi) is 3.49. The highest BCUT2D eigenvalue weighted by Crippen LogP contribution is 2.16. The van der Waals surface area contributed by atoms with Crippen LogP contribution in [-0.2, 0) is 9.59 Å². The largest absolute Gasteiger partial charge is 0.351 e. The molecule has 80 valence electrons. The summed E-state index contributed by atoms with van der Waals surface area (Å²) in [5.74, 6) is -0.0406. The number of carbonyl (C=O) groups is 2. The van der Waals surface area contributed by atoms with Gasteiger partial charge < -0.3 is 10.2 Å². The SMILES string of the molecule is CCC[C@@H]1C(=O)N(C)CC(=O)N[C@@H]1C. The predicted molar refractivity (Wildman–Crippen MR) is 53.6 cm³/mol. The third kappa shape index (κ3) is 2.25. The number of rotatable bonds is 2. The molecule has 0 spiro atoms. The topological polar surface area (TPSA) is 49.4 Å². The van der Waals surface area contributed by atoms with Crippen molar-refractivity contribution in [2.75, 3.05) is 13.6 Å². The van der Waals surface area contributed by atoms with Crippen LogP contribution in [0.4, 0.5) is 0 Å². The Bertz CT molecular complexity index is 240. The lowest BCUT2D eigenvalue weighted by atomic mass is 9.95. The van der Waals surface area contributed by atoms with Crippen molar-refractivity contribution >= 4 is 11.8 Å². The van der Waals surface area contributed by atoms with Gasteiger partial charge in [-0.1, -0.05) is 13.3 Å². The molecule has 14 heavy (non-hydrogen) atoms. The van der Waals surface area contributed by atoms with E-state index in [2.05, 4.69) is 5.32 Å². The van der Waals surface area contributed by atoms with Crippen molar-refractivity contribution in [3.63, 3.8) is 0 Å². The molecule has 1 fully saturated rings. The summed E-state index contributed by atoms with van der Waals surface area (Å²) in [6.07, 6.45) is 1.80. The molecule has 1 aliphatic rings. The first-order valence-electron chi connectivity index (χ1n) is 5.10. The summed E-state index contributed by atoms with van der Waals surface area (Å²) in [6, 6.07) is -0.0418. The van der Waals surface area contributed by atoms with Gasteiger partial charge >= 0.3 is 0 Å². The van der Waals surface area contributed by atoms with Gasteiger partial charge in [-0.3, -0.25) is 9.59 Å². The molecule has 1 N–H and O–H groups in total. The van der Waals surface area contributed by atoms with Crippen LogP contribution in [0.5, 0.6) is 0 Å². The molecule has 0 bridgehead atoms. The highest BCUT2D eigenvalue weighted by atomic mass is 16.2. The minimum Gasteiger partial charge on any atom is -0.351 e. The maximum absolute atomic E-state index is 11.8.